The van der Waals surface area contributed by atoms with E-state index in [9.17, 15) is 76.1 Å². The average Bonchev–Trinajstić information content (AvgIpc) is 1.51. The lowest BCUT2D eigenvalue weighted by atomic mass is 9.98. The number of aromatic hydroxyl groups is 1. The lowest BCUT2D eigenvalue weighted by Gasteiger charge is -2.30. The second-order valence-corrected chi connectivity index (χ2v) is 23.9. The number of carbonyl (C=O) groups excluding carboxylic acids is 11. The molecule has 0 bridgehead atoms. The van der Waals surface area contributed by atoms with Gasteiger partial charge in [-0.2, -0.15) is 13.2 Å². The number of para-hydroxylation sites is 1. The highest BCUT2D eigenvalue weighted by Crippen LogP contribution is 2.30. The molecule has 0 spiro atoms. The van der Waals surface area contributed by atoms with Crippen molar-refractivity contribution in [1.29, 1.82) is 0 Å². The van der Waals surface area contributed by atoms with Crippen molar-refractivity contribution in [3.05, 3.63) is 101 Å². The highest BCUT2D eigenvalue weighted by atomic mass is 19.4. The van der Waals surface area contributed by atoms with Gasteiger partial charge in [0.05, 0.1) is 25.3 Å². The summed E-state index contributed by atoms with van der Waals surface area (Å²) in [6.07, 6.45) is -2.81. The number of phenolic OH excluding ortho intramolecular Hbond substituents is 1. The van der Waals surface area contributed by atoms with E-state index in [0.717, 1.165) is 18.2 Å². The number of rotatable bonds is 33. The Morgan fingerprint density at radius 2 is 1.31 bits per heavy atom. The molecule has 4 aromatic rings. The number of primary amides is 1. The molecule has 0 aliphatic carbocycles. The monoisotopic (exact) mass is 1340 g/mol. The second-order valence-electron chi connectivity index (χ2n) is 23.9. The highest BCUT2D eigenvalue weighted by Gasteiger charge is 2.41. The molecule has 1 aromatic heterocycles. The first-order valence-electron chi connectivity index (χ1n) is 31.1. The Kier molecular flexibility index (Phi) is 25.9. The van der Waals surface area contributed by atoms with Crippen molar-refractivity contribution in [2.45, 2.75) is 145 Å². The number of nitrogens with two attached hydrogens (primary N) is 3. The van der Waals surface area contributed by atoms with Crippen LogP contribution in [0.4, 0.5) is 13.2 Å². The lowest BCUT2D eigenvalue weighted by molar-refractivity contribution is -0.142. The molecule has 2 saturated heterocycles. The third-order valence-electron chi connectivity index (χ3n) is 16.0. The minimum Gasteiger partial charge on any atom is -0.508 e. The Morgan fingerprint density at radius 3 is 1.92 bits per heavy atom. The molecule has 18 N–H and O–H groups in total. The summed E-state index contributed by atoms with van der Waals surface area (Å²) in [5.74, 6) is -10.4. The van der Waals surface area contributed by atoms with Gasteiger partial charge < -0.3 is 85.1 Å². The number of nitrogens with zero attached hydrogens (tertiary/aromatic N) is 4. The summed E-state index contributed by atoms with van der Waals surface area (Å²) in [6, 6.07) is 2.80. The summed E-state index contributed by atoms with van der Waals surface area (Å²) in [5.41, 5.74) is 16.9. The van der Waals surface area contributed by atoms with E-state index in [4.69, 9.17) is 17.2 Å². The standard InChI is InChI=1S/C63H80F3N17O13/c1-33(2)22-44(54(89)76-43(12-6-20-71-62(68)69)61(96)83-21-7-13-50(83)60(95)73-30-51(67)86)77-56(91)46(25-35-8-5-9-37(23-35)63(64,65)66)78-55(90)45(24-34-14-16-39(85)17-15-34)79-59(94)49(31-84)82-57(92)47(26-36-28-72-41-11-4-3-10-40(36)41)80-58(93)48(27-38-29-70-32-74-38)81-53(88)42-18-19-52(87)75-42/h3-5,8-11,14-17,23,28,32-33,42-50,72,84-85H,6-7,12-13,18-22,24-27,29-31H2,1-2H3,(H2,67,86)(H,73,95)(H,75,87)(H,76,89)(H,77,91)(H,78,90)(H,79,94)(H,80,93)(H,81,88)(H,82,92)(H4,68,69,71)/t42-,43-,44-,45-,46+,47-,48-,49-,50-/m0/s1. The molecule has 7 rings (SSSR count). The molecule has 0 radical (unpaired) electrons. The summed E-state index contributed by atoms with van der Waals surface area (Å²) < 4.78 is 42.7. The molecule has 96 heavy (non-hydrogen) atoms. The second kappa shape index (κ2) is 34.1. The van der Waals surface area contributed by atoms with Crippen LogP contribution in [0, 0.1) is 5.92 Å². The van der Waals surface area contributed by atoms with Crippen molar-refractivity contribution in [2.24, 2.45) is 38.1 Å². The Balaban J connectivity index is 1.16. The zero-order valence-electron chi connectivity index (χ0n) is 52.7. The van der Waals surface area contributed by atoms with Crippen LogP contribution in [-0.2, 0) is 78.2 Å². The Bertz CT molecular complexity index is 3600. The molecule has 4 heterocycles. The number of H-pyrrole nitrogens is 1. The number of alkyl halides is 3. The number of fused-ring (bicyclic) bond motifs is 1. The van der Waals surface area contributed by atoms with Gasteiger partial charge in [-0.1, -0.05) is 62.4 Å². The van der Waals surface area contributed by atoms with Gasteiger partial charge in [0.15, 0.2) is 5.96 Å². The topological polar surface area (TPSA) is 471 Å². The number of aliphatic imine (C=N–C) groups is 3. The quantitative estimate of drug-likeness (QED) is 0.0141. The van der Waals surface area contributed by atoms with Gasteiger partial charge >= 0.3 is 6.18 Å². The molecular formula is C63H80F3N17O13. The number of aliphatic hydroxyl groups excluding tert-OH is 1. The van der Waals surface area contributed by atoms with Gasteiger partial charge in [0, 0.05) is 68.0 Å². The van der Waals surface area contributed by atoms with E-state index in [0.29, 0.717) is 28.6 Å². The number of aliphatic hydroxyl groups is 1. The summed E-state index contributed by atoms with van der Waals surface area (Å²) in [4.78, 5) is 169. The smallest absolute Gasteiger partial charge is 0.416 e. The van der Waals surface area contributed by atoms with Gasteiger partial charge in [-0.15, -0.1) is 0 Å². The number of halogens is 3. The molecule has 3 aromatic carbocycles. The number of nitrogens with one attached hydrogen (secondary N) is 10. The maximum atomic E-state index is 15.0. The van der Waals surface area contributed by atoms with Crippen LogP contribution in [0.1, 0.15) is 87.5 Å². The molecule has 0 unspecified atom stereocenters. The third kappa shape index (κ3) is 21.3. The van der Waals surface area contributed by atoms with Crippen molar-refractivity contribution in [1.82, 2.24) is 57.7 Å². The summed E-state index contributed by atoms with van der Waals surface area (Å²) >= 11 is 0. The third-order valence-corrected chi connectivity index (χ3v) is 16.0. The Hall–Kier alpha value is -10.5. The fraction of sp³-hybridized carbons (Fsp3) is 0.460. The van der Waals surface area contributed by atoms with Crippen molar-refractivity contribution < 1.29 is 76.1 Å². The number of benzene rings is 3. The number of hydrogen-bond donors (Lipinski definition) is 15. The fourth-order valence-corrected chi connectivity index (χ4v) is 11.2. The predicted molar refractivity (Wildman–Crippen MR) is 342 cm³/mol. The molecule has 3 aliphatic heterocycles. The molecule has 11 amide bonds. The first-order chi connectivity index (χ1) is 45.6. The van der Waals surface area contributed by atoms with Gasteiger partial charge in [0.1, 0.15) is 66.5 Å². The highest BCUT2D eigenvalue weighted by molar-refractivity contribution is 6.03. The molecule has 2 fully saturated rings. The number of guanidine groups is 1. The van der Waals surface area contributed by atoms with E-state index in [1.807, 2.05) is 0 Å². The number of likely N-dealkylation sites (tertiary alicyclic amines) is 1. The fourth-order valence-electron chi connectivity index (χ4n) is 11.2. The molecule has 516 valence electrons. The summed E-state index contributed by atoms with van der Waals surface area (Å²) in [7, 11) is 0. The van der Waals surface area contributed by atoms with Crippen LogP contribution in [0.2, 0.25) is 0 Å². The van der Waals surface area contributed by atoms with Gasteiger partial charge in [0.2, 0.25) is 65.0 Å². The molecule has 3 aliphatic rings. The van der Waals surface area contributed by atoms with E-state index in [1.165, 1.54) is 41.6 Å². The van der Waals surface area contributed by atoms with E-state index in [1.54, 1.807) is 44.3 Å². The van der Waals surface area contributed by atoms with Gasteiger partial charge in [-0.3, -0.25) is 62.7 Å². The van der Waals surface area contributed by atoms with Crippen molar-refractivity contribution in [3.63, 3.8) is 0 Å². The lowest BCUT2D eigenvalue weighted by Crippen LogP contribution is -2.61. The van der Waals surface area contributed by atoms with E-state index < -0.39 is 151 Å². The van der Waals surface area contributed by atoms with E-state index >= 15 is 0 Å². The van der Waals surface area contributed by atoms with Crippen LogP contribution in [-0.4, -0.2) is 190 Å². The molecule has 9 atom stereocenters. The van der Waals surface area contributed by atoms with Crippen LogP contribution < -0.4 is 65.1 Å². The van der Waals surface area contributed by atoms with Crippen LogP contribution in [0.5, 0.6) is 5.75 Å². The van der Waals surface area contributed by atoms with Crippen molar-refractivity contribution in [3.8, 4) is 5.75 Å². The average molecular weight is 1340 g/mol. The van der Waals surface area contributed by atoms with E-state index in [2.05, 4.69) is 67.8 Å². The predicted octanol–water partition coefficient (Wildman–Crippen LogP) is -1.85. The minimum absolute atomic E-state index is 0.00669. The summed E-state index contributed by atoms with van der Waals surface area (Å²) in [6.45, 7) is 1.95. The van der Waals surface area contributed by atoms with Crippen molar-refractivity contribution in [2.75, 3.05) is 32.8 Å². The van der Waals surface area contributed by atoms with Crippen molar-refractivity contribution >= 4 is 93.9 Å². The van der Waals surface area contributed by atoms with Crippen LogP contribution in [0.25, 0.3) is 10.9 Å². The SMILES string of the molecule is CC(C)C[C@H](NC(=O)[C@@H](Cc1cccc(C(F)(F)F)c1)NC(=O)[C@H](Cc1ccc(O)cc1)NC(=O)[C@H](CO)NC(=O)[C@H](Cc1c[nH]c2ccccc12)NC(=O)[C@H](CC1=NC=NC1)NC(=O)[C@@H]1CCC(=O)N1)C(=O)N[C@@H](CCCN=C(N)N)C(=O)N1CCC[C@H]1C(=O)NCC(N)=O. The van der Waals surface area contributed by atoms with Gasteiger partial charge in [0.25, 0.3) is 0 Å². The first kappa shape index (κ1) is 72.9. The molecular weight excluding hydrogens is 1260 g/mol. The number of amides is 11. The number of aromatic nitrogens is 1. The number of phenols is 1. The normalized spacial score (nSPS) is 17.3. The zero-order valence-corrected chi connectivity index (χ0v) is 52.7. The number of hydrogen-bond acceptors (Lipinski definition) is 16. The Labute approximate surface area is 548 Å². The van der Waals surface area contributed by atoms with Gasteiger partial charge in [-0.25, -0.2) is 4.99 Å². The maximum Gasteiger partial charge on any atom is 0.416 e. The first-order valence-corrected chi connectivity index (χ1v) is 31.1. The maximum absolute atomic E-state index is 15.0. The van der Waals surface area contributed by atoms with Crippen LogP contribution in [0.15, 0.2) is 94.0 Å². The van der Waals surface area contributed by atoms with Crippen LogP contribution >= 0.6 is 0 Å². The largest absolute Gasteiger partial charge is 0.508 e. The minimum atomic E-state index is -4.87. The van der Waals surface area contributed by atoms with E-state index in [-0.39, 0.29) is 106 Å². The summed E-state index contributed by atoms with van der Waals surface area (Å²) in [5, 5.41) is 44.7. The van der Waals surface area contributed by atoms with Gasteiger partial charge in [-0.05, 0) is 85.4 Å². The van der Waals surface area contributed by atoms with Crippen LogP contribution in [0.3, 0.4) is 0 Å². The number of aromatic amines is 1. The molecule has 0 saturated carbocycles. The molecule has 33 heteroatoms. The molecule has 30 nitrogen and oxygen atoms in total. The Morgan fingerprint density at radius 1 is 0.708 bits per heavy atom. The zero-order chi connectivity index (χ0) is 69.8. The number of carbonyl (C=O) groups is 11.